The second kappa shape index (κ2) is 38.2. The molecule has 0 rings (SSSR count). The molecule has 0 aromatic rings. The van der Waals surface area contributed by atoms with Gasteiger partial charge in [0.1, 0.15) is 13.2 Å². The Labute approximate surface area is 335 Å². The molecule has 0 aliphatic heterocycles. The van der Waals surface area contributed by atoms with Crippen LogP contribution in [-0.2, 0) is 47.7 Å². The first-order valence-corrected chi connectivity index (χ1v) is 22.6. The minimum absolute atomic E-state index is 0.117. The Hall–Kier alpha value is -2.65. The summed E-state index contributed by atoms with van der Waals surface area (Å²) in [5.41, 5.74) is 0. The molecule has 0 radical (unpaired) electrons. The van der Waals surface area contributed by atoms with E-state index in [1.165, 1.54) is 0 Å². The van der Waals surface area contributed by atoms with Gasteiger partial charge >= 0.3 is 29.8 Å². The van der Waals surface area contributed by atoms with Gasteiger partial charge in [-0.1, -0.05) is 163 Å². The fourth-order valence-electron chi connectivity index (χ4n) is 6.31. The third kappa shape index (κ3) is 32.2. The molecule has 2 atom stereocenters. The predicted octanol–water partition coefficient (Wildman–Crippen LogP) is 11.6. The van der Waals surface area contributed by atoms with Gasteiger partial charge in [0.05, 0.1) is 0 Å². The highest BCUT2D eigenvalue weighted by Gasteiger charge is 2.40. The van der Waals surface area contributed by atoms with Gasteiger partial charge in [0, 0.05) is 32.1 Å². The van der Waals surface area contributed by atoms with Gasteiger partial charge in [-0.3, -0.25) is 24.0 Å². The van der Waals surface area contributed by atoms with Crippen LogP contribution >= 0.6 is 0 Å². The molecule has 0 aliphatic rings. The van der Waals surface area contributed by atoms with Crippen LogP contribution in [0.25, 0.3) is 0 Å². The molecule has 322 valence electrons. The Morgan fingerprint density at radius 1 is 0.309 bits per heavy atom. The van der Waals surface area contributed by atoms with Crippen molar-refractivity contribution in [2.75, 3.05) is 13.2 Å². The lowest BCUT2D eigenvalue weighted by molar-refractivity contribution is -0.197. The highest BCUT2D eigenvalue weighted by molar-refractivity contribution is 5.72. The van der Waals surface area contributed by atoms with Crippen LogP contribution in [0.15, 0.2) is 0 Å². The van der Waals surface area contributed by atoms with E-state index in [0.29, 0.717) is 32.1 Å². The fraction of sp³-hybridized carbons (Fsp3) is 0.889. The maximum atomic E-state index is 13.4. The number of esters is 5. The molecule has 10 nitrogen and oxygen atoms in total. The van der Waals surface area contributed by atoms with Gasteiger partial charge in [0.15, 0.2) is 18.3 Å². The quantitative estimate of drug-likeness (QED) is 0.0337. The van der Waals surface area contributed by atoms with E-state index in [4.69, 9.17) is 23.7 Å². The zero-order chi connectivity index (χ0) is 40.8. The van der Waals surface area contributed by atoms with Gasteiger partial charge in [-0.15, -0.1) is 0 Å². The summed E-state index contributed by atoms with van der Waals surface area (Å²) in [4.78, 5) is 65.8. The SMILES string of the molecule is CCCCCCCC(=O)OCC(OC(=O)CCCCCCC)C(OC(=O)CCCCCCC)C(COC(=O)CCCCCCC)OC(=O)CCCCCCC. The van der Waals surface area contributed by atoms with Crippen molar-refractivity contribution in [2.45, 2.75) is 246 Å². The van der Waals surface area contributed by atoms with Crippen molar-refractivity contribution >= 4 is 29.8 Å². The van der Waals surface area contributed by atoms with E-state index >= 15 is 0 Å². The lowest BCUT2D eigenvalue weighted by atomic mass is 10.1. The molecule has 0 bridgehead atoms. The predicted molar refractivity (Wildman–Crippen MR) is 218 cm³/mol. The van der Waals surface area contributed by atoms with Crippen LogP contribution in [0, 0.1) is 0 Å². The smallest absolute Gasteiger partial charge is 0.306 e. The summed E-state index contributed by atoms with van der Waals surface area (Å²) in [5.74, 6) is -2.50. The van der Waals surface area contributed by atoms with Crippen LogP contribution in [0.3, 0.4) is 0 Å². The van der Waals surface area contributed by atoms with E-state index in [2.05, 4.69) is 34.6 Å². The van der Waals surface area contributed by atoms with E-state index in [9.17, 15) is 24.0 Å². The van der Waals surface area contributed by atoms with Crippen molar-refractivity contribution < 1.29 is 47.7 Å². The normalized spacial score (nSPS) is 12.7. The van der Waals surface area contributed by atoms with Crippen LogP contribution in [0.5, 0.6) is 0 Å². The molecule has 0 aromatic carbocycles. The Kier molecular flexibility index (Phi) is 36.4. The van der Waals surface area contributed by atoms with E-state index in [1.54, 1.807) is 0 Å². The third-order valence-corrected chi connectivity index (χ3v) is 9.81. The van der Waals surface area contributed by atoms with Gasteiger partial charge in [0.25, 0.3) is 0 Å². The average molecular weight is 783 g/mol. The van der Waals surface area contributed by atoms with E-state index in [0.717, 1.165) is 128 Å². The van der Waals surface area contributed by atoms with Crippen molar-refractivity contribution in [1.82, 2.24) is 0 Å². The first-order valence-electron chi connectivity index (χ1n) is 22.6. The number of ether oxygens (including phenoxy) is 5. The molecule has 0 N–H and O–H groups in total. The first kappa shape index (κ1) is 52.3. The van der Waals surface area contributed by atoms with Gasteiger partial charge in [-0.05, 0) is 32.1 Å². The summed E-state index contributed by atoms with van der Waals surface area (Å²) >= 11 is 0. The summed E-state index contributed by atoms with van der Waals surface area (Å²) in [5, 5.41) is 0. The van der Waals surface area contributed by atoms with Crippen LogP contribution in [0.1, 0.15) is 227 Å². The third-order valence-electron chi connectivity index (χ3n) is 9.81. The molecule has 0 saturated heterocycles. The number of hydrogen-bond acceptors (Lipinski definition) is 10. The van der Waals surface area contributed by atoms with Gasteiger partial charge in [-0.2, -0.15) is 0 Å². The molecular weight excluding hydrogens is 700 g/mol. The molecule has 0 amide bonds. The molecule has 10 heteroatoms. The topological polar surface area (TPSA) is 132 Å². The maximum Gasteiger partial charge on any atom is 0.306 e. The lowest BCUT2D eigenvalue weighted by Gasteiger charge is -2.32. The largest absolute Gasteiger partial charge is 0.462 e. The highest BCUT2D eigenvalue weighted by Crippen LogP contribution is 2.21. The Balaban J connectivity index is 6.36. The summed E-state index contributed by atoms with van der Waals surface area (Å²) in [6.07, 6.45) is 20.3. The molecule has 0 fully saturated rings. The lowest BCUT2D eigenvalue weighted by Crippen LogP contribution is -2.50. The zero-order valence-corrected chi connectivity index (χ0v) is 35.9. The minimum Gasteiger partial charge on any atom is -0.462 e. The van der Waals surface area contributed by atoms with Crippen LogP contribution in [0.2, 0.25) is 0 Å². The van der Waals surface area contributed by atoms with Crippen LogP contribution in [-0.4, -0.2) is 61.4 Å². The van der Waals surface area contributed by atoms with E-state index in [-0.39, 0.29) is 45.3 Å². The van der Waals surface area contributed by atoms with Gasteiger partial charge < -0.3 is 23.7 Å². The number of carbonyl (C=O) groups is 5. The van der Waals surface area contributed by atoms with Crippen LogP contribution in [0.4, 0.5) is 0 Å². The molecule has 0 saturated carbocycles. The fourth-order valence-corrected chi connectivity index (χ4v) is 6.31. The van der Waals surface area contributed by atoms with Crippen molar-refractivity contribution in [3.05, 3.63) is 0 Å². The first-order chi connectivity index (χ1) is 26.7. The Bertz CT molecular complexity index is 905. The number of hydrogen-bond donors (Lipinski definition) is 0. The molecular formula is C45H82O10. The minimum atomic E-state index is -1.36. The summed E-state index contributed by atoms with van der Waals surface area (Å²) in [7, 11) is 0. The summed E-state index contributed by atoms with van der Waals surface area (Å²) in [6, 6.07) is 0. The van der Waals surface area contributed by atoms with Crippen molar-refractivity contribution in [3.63, 3.8) is 0 Å². The molecule has 0 aliphatic carbocycles. The van der Waals surface area contributed by atoms with Crippen LogP contribution < -0.4 is 0 Å². The monoisotopic (exact) mass is 783 g/mol. The number of carbonyl (C=O) groups excluding carboxylic acids is 5. The van der Waals surface area contributed by atoms with Gasteiger partial charge in [0.2, 0.25) is 0 Å². The zero-order valence-electron chi connectivity index (χ0n) is 35.9. The Morgan fingerprint density at radius 2 is 0.545 bits per heavy atom. The number of rotatable bonds is 39. The molecule has 0 spiro atoms. The summed E-state index contributed by atoms with van der Waals surface area (Å²) < 4.78 is 29.3. The number of unbranched alkanes of at least 4 members (excludes halogenated alkanes) is 20. The summed E-state index contributed by atoms with van der Waals surface area (Å²) in [6.45, 7) is 9.85. The average Bonchev–Trinajstić information content (AvgIpc) is 3.16. The van der Waals surface area contributed by atoms with Gasteiger partial charge in [-0.25, -0.2) is 0 Å². The highest BCUT2D eigenvalue weighted by atomic mass is 16.6. The molecule has 0 heterocycles. The molecule has 2 unspecified atom stereocenters. The molecule has 0 aromatic heterocycles. The van der Waals surface area contributed by atoms with E-state index < -0.39 is 48.2 Å². The standard InChI is InChI=1S/C45H82O10/c1-6-11-16-21-26-31-40(46)51-36-38(53-42(48)33-28-23-18-13-8-3)45(55-44(50)35-30-25-20-15-10-5)39(54-43(49)34-29-24-19-14-9-4)37-52-41(47)32-27-22-17-12-7-2/h38-39,45H,6-37H2,1-5H3. The van der Waals surface area contributed by atoms with Crippen molar-refractivity contribution in [1.29, 1.82) is 0 Å². The second-order valence-electron chi connectivity index (χ2n) is 15.2. The van der Waals surface area contributed by atoms with Crippen molar-refractivity contribution in [3.8, 4) is 0 Å². The van der Waals surface area contributed by atoms with Crippen molar-refractivity contribution in [2.24, 2.45) is 0 Å². The van der Waals surface area contributed by atoms with E-state index in [1.807, 2.05) is 0 Å². The maximum absolute atomic E-state index is 13.4. The molecule has 55 heavy (non-hydrogen) atoms. The second-order valence-corrected chi connectivity index (χ2v) is 15.2. The Morgan fingerprint density at radius 3 is 0.818 bits per heavy atom.